The highest BCUT2D eigenvalue weighted by molar-refractivity contribution is 7.99. The van der Waals surface area contributed by atoms with E-state index in [0.29, 0.717) is 5.16 Å². The number of ether oxygens (including phenoxy) is 1. The second kappa shape index (κ2) is 7.30. The summed E-state index contributed by atoms with van der Waals surface area (Å²) in [5.41, 5.74) is 0.879. The van der Waals surface area contributed by atoms with E-state index < -0.39 is 12.1 Å². The molecule has 24 heavy (non-hydrogen) atoms. The Morgan fingerprint density at radius 3 is 2.88 bits per heavy atom. The molecule has 1 aromatic carbocycles. The summed E-state index contributed by atoms with van der Waals surface area (Å²) in [7, 11) is 0. The number of tetrazole rings is 1. The van der Waals surface area contributed by atoms with Crippen molar-refractivity contribution in [3.05, 3.63) is 35.9 Å². The van der Waals surface area contributed by atoms with Crippen LogP contribution in [0.15, 0.2) is 35.5 Å². The highest BCUT2D eigenvalue weighted by atomic mass is 32.2. The summed E-state index contributed by atoms with van der Waals surface area (Å²) in [5.74, 6) is -0.236. The Labute approximate surface area is 141 Å². The first-order chi connectivity index (χ1) is 11.6. The number of aromatic amines is 1. The maximum atomic E-state index is 11.9. The molecule has 1 fully saturated rings. The van der Waals surface area contributed by atoms with Crippen LogP contribution in [0, 0.1) is 0 Å². The predicted octanol–water partition coefficient (Wildman–Crippen LogP) is 0.474. The van der Waals surface area contributed by atoms with E-state index in [1.807, 2.05) is 37.3 Å². The molecule has 0 spiro atoms. The maximum absolute atomic E-state index is 11.9. The molecule has 1 saturated heterocycles. The monoisotopic (exact) mass is 348 g/mol. The number of H-pyrrole nitrogens is 1. The minimum Gasteiger partial charge on any atom is -0.445 e. The lowest BCUT2D eigenvalue weighted by Gasteiger charge is -2.39. The lowest BCUT2D eigenvalue weighted by Crippen LogP contribution is -2.71. The summed E-state index contributed by atoms with van der Waals surface area (Å²) in [6.07, 6.45) is -0.623. The topological polar surface area (TPSA) is 122 Å². The molecule has 1 aliphatic heterocycles. The number of aromatic nitrogens is 4. The predicted molar refractivity (Wildman–Crippen MR) is 85.0 cm³/mol. The average Bonchev–Trinajstić information content (AvgIpc) is 3.09. The molecule has 126 valence electrons. The van der Waals surface area contributed by atoms with Crippen molar-refractivity contribution in [2.45, 2.75) is 36.0 Å². The van der Waals surface area contributed by atoms with Gasteiger partial charge in [0, 0.05) is 5.25 Å². The molecular formula is C14H16N6O3S. The maximum Gasteiger partial charge on any atom is 0.408 e. The Balaban J connectivity index is 1.49. The fraction of sp³-hybridized carbons (Fsp3) is 0.357. The number of carbonyl (C=O) groups is 2. The van der Waals surface area contributed by atoms with Crippen molar-refractivity contribution in [1.29, 1.82) is 0 Å². The van der Waals surface area contributed by atoms with Crippen molar-refractivity contribution in [2.75, 3.05) is 0 Å². The van der Waals surface area contributed by atoms with Gasteiger partial charge in [-0.3, -0.25) is 4.79 Å². The largest absolute Gasteiger partial charge is 0.445 e. The van der Waals surface area contributed by atoms with E-state index >= 15 is 0 Å². The molecule has 0 radical (unpaired) electrons. The fourth-order valence-corrected chi connectivity index (χ4v) is 3.19. The molecule has 2 amide bonds. The molecular weight excluding hydrogens is 332 g/mol. The summed E-state index contributed by atoms with van der Waals surface area (Å²) in [6, 6.07) is 8.47. The first kappa shape index (κ1) is 16.2. The Kier molecular flexibility index (Phi) is 4.94. The molecule has 0 bridgehead atoms. The van der Waals surface area contributed by atoms with Crippen LogP contribution in [0.3, 0.4) is 0 Å². The van der Waals surface area contributed by atoms with E-state index in [0.717, 1.165) is 5.56 Å². The van der Waals surface area contributed by atoms with Crippen molar-refractivity contribution in [3.63, 3.8) is 0 Å². The van der Waals surface area contributed by atoms with Crippen LogP contribution in [0.25, 0.3) is 0 Å². The Morgan fingerprint density at radius 1 is 1.42 bits per heavy atom. The van der Waals surface area contributed by atoms with Gasteiger partial charge in [0.15, 0.2) is 0 Å². The first-order valence-corrected chi connectivity index (χ1v) is 8.19. The van der Waals surface area contributed by atoms with Gasteiger partial charge >= 0.3 is 6.09 Å². The lowest BCUT2D eigenvalue weighted by atomic mass is 9.96. The normalized spacial score (nSPS) is 20.6. The van der Waals surface area contributed by atoms with Crippen LogP contribution < -0.4 is 10.6 Å². The SMILES string of the molecule is CC(Sc1nnn[nH]1)[C@@H]1NC(=O)[C@@H]1NC(=O)OCc1ccccc1. The zero-order valence-electron chi connectivity index (χ0n) is 12.8. The van der Waals surface area contributed by atoms with Gasteiger partial charge in [0.2, 0.25) is 11.1 Å². The van der Waals surface area contributed by atoms with Gasteiger partial charge in [0.05, 0.1) is 6.04 Å². The van der Waals surface area contributed by atoms with Crippen LogP contribution in [-0.4, -0.2) is 50.0 Å². The molecule has 2 aromatic rings. The number of hydrogen-bond donors (Lipinski definition) is 3. The number of thioether (sulfide) groups is 1. The van der Waals surface area contributed by atoms with Crippen molar-refractivity contribution >= 4 is 23.8 Å². The van der Waals surface area contributed by atoms with Crippen molar-refractivity contribution in [2.24, 2.45) is 0 Å². The van der Waals surface area contributed by atoms with Crippen molar-refractivity contribution in [1.82, 2.24) is 31.3 Å². The van der Waals surface area contributed by atoms with Crippen molar-refractivity contribution in [3.8, 4) is 0 Å². The number of nitrogens with zero attached hydrogens (tertiary/aromatic N) is 3. The molecule has 1 aromatic heterocycles. The second-order valence-electron chi connectivity index (χ2n) is 5.25. The minimum absolute atomic E-state index is 0.0307. The van der Waals surface area contributed by atoms with E-state index in [-0.39, 0.29) is 23.8 Å². The van der Waals surface area contributed by atoms with E-state index in [4.69, 9.17) is 4.74 Å². The van der Waals surface area contributed by atoms with Crippen LogP contribution in [0.4, 0.5) is 4.79 Å². The van der Waals surface area contributed by atoms with E-state index in [1.54, 1.807) is 0 Å². The zero-order valence-corrected chi connectivity index (χ0v) is 13.6. The highest BCUT2D eigenvalue weighted by Crippen LogP contribution is 2.25. The highest BCUT2D eigenvalue weighted by Gasteiger charge is 2.44. The van der Waals surface area contributed by atoms with Gasteiger partial charge in [-0.15, -0.1) is 5.10 Å². The van der Waals surface area contributed by atoms with E-state index in [2.05, 4.69) is 31.3 Å². The van der Waals surface area contributed by atoms with Gasteiger partial charge in [-0.1, -0.05) is 49.0 Å². The lowest BCUT2D eigenvalue weighted by molar-refractivity contribution is -0.131. The van der Waals surface area contributed by atoms with Gasteiger partial charge in [-0.25, -0.2) is 9.89 Å². The number of hydrogen-bond acceptors (Lipinski definition) is 7. The molecule has 3 atom stereocenters. The number of amides is 2. The smallest absolute Gasteiger partial charge is 0.408 e. The molecule has 2 heterocycles. The molecule has 10 heteroatoms. The molecule has 1 unspecified atom stereocenters. The third kappa shape index (κ3) is 3.82. The third-order valence-corrected chi connectivity index (χ3v) is 4.63. The molecule has 0 aliphatic carbocycles. The van der Waals surface area contributed by atoms with Crippen LogP contribution in [-0.2, 0) is 16.1 Å². The standard InChI is InChI=1S/C14H16N6O3S/c1-8(24-13-17-19-20-18-13)10-11(12(21)15-10)16-14(22)23-7-9-5-3-2-4-6-9/h2-6,8,10-11H,7H2,1H3,(H,15,21)(H,16,22)(H,17,18,19,20)/t8?,10-,11+/m0/s1. The summed E-state index contributed by atoms with van der Waals surface area (Å²) in [5, 5.41) is 19.3. The number of β-lactam (4-membered cyclic amide) rings is 1. The summed E-state index contributed by atoms with van der Waals surface area (Å²) in [4.78, 5) is 23.6. The zero-order chi connectivity index (χ0) is 16.9. The second-order valence-corrected chi connectivity index (χ2v) is 6.61. The summed E-state index contributed by atoms with van der Waals surface area (Å²) < 4.78 is 5.14. The van der Waals surface area contributed by atoms with E-state index in [1.165, 1.54) is 11.8 Å². The molecule has 3 rings (SSSR count). The molecule has 3 N–H and O–H groups in total. The van der Waals surface area contributed by atoms with Crippen LogP contribution in [0.2, 0.25) is 0 Å². The van der Waals surface area contributed by atoms with Crippen LogP contribution in [0.5, 0.6) is 0 Å². The van der Waals surface area contributed by atoms with Gasteiger partial charge in [-0.05, 0) is 16.0 Å². The quantitative estimate of drug-likeness (QED) is 0.512. The van der Waals surface area contributed by atoms with Gasteiger partial charge in [0.1, 0.15) is 12.6 Å². The van der Waals surface area contributed by atoms with Gasteiger partial charge < -0.3 is 15.4 Å². The Morgan fingerprint density at radius 2 is 2.21 bits per heavy atom. The Bertz CT molecular complexity index is 696. The fourth-order valence-electron chi connectivity index (χ4n) is 2.29. The van der Waals surface area contributed by atoms with E-state index in [9.17, 15) is 9.59 Å². The molecule has 9 nitrogen and oxygen atoms in total. The summed E-state index contributed by atoms with van der Waals surface area (Å²) >= 11 is 1.38. The van der Waals surface area contributed by atoms with Gasteiger partial charge in [0.25, 0.3) is 0 Å². The van der Waals surface area contributed by atoms with Crippen LogP contribution >= 0.6 is 11.8 Å². The first-order valence-electron chi connectivity index (χ1n) is 7.31. The average molecular weight is 348 g/mol. The number of nitrogens with one attached hydrogen (secondary N) is 3. The number of rotatable bonds is 6. The van der Waals surface area contributed by atoms with Crippen molar-refractivity contribution < 1.29 is 14.3 Å². The number of alkyl carbamates (subject to hydrolysis) is 1. The third-order valence-electron chi connectivity index (χ3n) is 3.57. The van der Waals surface area contributed by atoms with Crippen LogP contribution in [0.1, 0.15) is 12.5 Å². The van der Waals surface area contributed by atoms with Gasteiger partial charge in [-0.2, -0.15) is 0 Å². The number of carbonyl (C=O) groups excluding carboxylic acids is 2. The Hall–Kier alpha value is -2.62. The summed E-state index contributed by atoms with van der Waals surface area (Å²) in [6.45, 7) is 2.07. The minimum atomic E-state index is -0.633. The molecule has 0 saturated carbocycles. The molecule has 1 aliphatic rings. The number of benzene rings is 1.